The Morgan fingerprint density at radius 3 is 3.00 bits per heavy atom. The zero-order valence-electron chi connectivity index (χ0n) is 6.54. The molecule has 0 saturated heterocycles. The zero-order valence-corrected chi connectivity index (χ0v) is 7.30. The van der Waals surface area contributed by atoms with E-state index in [0.717, 1.165) is 0 Å². The number of amides is 1. The Balaban J connectivity index is 2.56. The molecule has 1 aliphatic heterocycles. The third-order valence-electron chi connectivity index (χ3n) is 1.98. The van der Waals surface area contributed by atoms with Gasteiger partial charge in [-0.15, -0.1) is 0 Å². The number of nitriles is 1. The standard InChI is InChI=1S/C9H5ClN2O/c10-5-1-2-6-7(4-11)9(13)12-8(6)3-5/h1-3,7H,(H,12,13). The first-order chi connectivity index (χ1) is 6.22. The molecule has 3 nitrogen and oxygen atoms in total. The molecule has 1 aromatic carbocycles. The van der Waals surface area contributed by atoms with Crippen molar-refractivity contribution >= 4 is 23.2 Å². The van der Waals surface area contributed by atoms with Crippen LogP contribution in [0.15, 0.2) is 18.2 Å². The molecule has 1 heterocycles. The average molecular weight is 193 g/mol. The highest BCUT2D eigenvalue weighted by Crippen LogP contribution is 2.33. The molecule has 1 N–H and O–H groups in total. The number of carbonyl (C=O) groups excluding carboxylic acids is 1. The highest BCUT2D eigenvalue weighted by Gasteiger charge is 2.30. The monoisotopic (exact) mass is 192 g/mol. The van der Waals surface area contributed by atoms with Crippen molar-refractivity contribution in [1.82, 2.24) is 0 Å². The van der Waals surface area contributed by atoms with E-state index in [0.29, 0.717) is 16.3 Å². The summed E-state index contributed by atoms with van der Waals surface area (Å²) in [6.07, 6.45) is 0. The van der Waals surface area contributed by atoms with Gasteiger partial charge >= 0.3 is 0 Å². The molecule has 0 aliphatic carbocycles. The normalized spacial score (nSPS) is 19.1. The minimum atomic E-state index is -0.688. The molecule has 1 aromatic rings. The summed E-state index contributed by atoms with van der Waals surface area (Å²) < 4.78 is 0. The second-order valence-corrected chi connectivity index (χ2v) is 3.22. The van der Waals surface area contributed by atoms with Crippen LogP contribution in [0.25, 0.3) is 0 Å². The van der Waals surface area contributed by atoms with Crippen LogP contribution < -0.4 is 5.32 Å². The van der Waals surface area contributed by atoms with E-state index >= 15 is 0 Å². The van der Waals surface area contributed by atoms with E-state index in [1.807, 2.05) is 6.07 Å². The summed E-state index contributed by atoms with van der Waals surface area (Å²) in [5.74, 6) is -0.966. The van der Waals surface area contributed by atoms with Crippen molar-refractivity contribution in [3.8, 4) is 6.07 Å². The molecule has 0 saturated carbocycles. The van der Waals surface area contributed by atoms with Crippen LogP contribution in [-0.4, -0.2) is 5.91 Å². The fourth-order valence-electron chi connectivity index (χ4n) is 1.36. The predicted molar refractivity (Wildman–Crippen MR) is 48.4 cm³/mol. The molecule has 64 valence electrons. The topological polar surface area (TPSA) is 52.9 Å². The molecule has 0 fully saturated rings. The van der Waals surface area contributed by atoms with Gasteiger partial charge in [-0.3, -0.25) is 4.79 Å². The van der Waals surface area contributed by atoms with E-state index in [4.69, 9.17) is 16.9 Å². The summed E-state index contributed by atoms with van der Waals surface area (Å²) in [6.45, 7) is 0. The maximum absolute atomic E-state index is 11.2. The maximum Gasteiger partial charge on any atom is 0.246 e. The van der Waals surface area contributed by atoms with E-state index in [-0.39, 0.29) is 5.91 Å². The number of benzene rings is 1. The largest absolute Gasteiger partial charge is 0.324 e. The smallest absolute Gasteiger partial charge is 0.246 e. The van der Waals surface area contributed by atoms with Crippen LogP contribution in [0.2, 0.25) is 5.02 Å². The van der Waals surface area contributed by atoms with Crippen LogP contribution in [0.1, 0.15) is 11.5 Å². The Hall–Kier alpha value is -1.53. The van der Waals surface area contributed by atoms with Crippen LogP contribution in [0, 0.1) is 11.3 Å². The number of carbonyl (C=O) groups is 1. The first-order valence-electron chi connectivity index (χ1n) is 3.72. The van der Waals surface area contributed by atoms with Crippen LogP contribution >= 0.6 is 11.6 Å². The molecule has 0 radical (unpaired) electrons. The number of fused-ring (bicyclic) bond motifs is 1. The molecular formula is C9H5ClN2O. The molecule has 1 unspecified atom stereocenters. The maximum atomic E-state index is 11.2. The zero-order chi connectivity index (χ0) is 9.42. The number of halogens is 1. The Kier molecular flexibility index (Phi) is 1.71. The van der Waals surface area contributed by atoms with Crippen LogP contribution in [0.5, 0.6) is 0 Å². The summed E-state index contributed by atoms with van der Waals surface area (Å²) in [4.78, 5) is 11.2. The molecule has 0 bridgehead atoms. The molecule has 1 amide bonds. The summed E-state index contributed by atoms with van der Waals surface area (Å²) >= 11 is 5.73. The third kappa shape index (κ3) is 1.16. The summed E-state index contributed by atoms with van der Waals surface area (Å²) in [5, 5.41) is 11.9. The lowest BCUT2D eigenvalue weighted by molar-refractivity contribution is -0.115. The average Bonchev–Trinajstić information content (AvgIpc) is 2.39. The summed E-state index contributed by atoms with van der Waals surface area (Å²) in [6, 6.07) is 6.95. The van der Waals surface area contributed by atoms with Crippen molar-refractivity contribution in [1.29, 1.82) is 5.26 Å². The quantitative estimate of drug-likeness (QED) is 0.683. The number of nitrogens with one attached hydrogen (secondary N) is 1. The van der Waals surface area contributed by atoms with Gasteiger partial charge in [-0.2, -0.15) is 5.26 Å². The second-order valence-electron chi connectivity index (χ2n) is 2.78. The molecule has 0 spiro atoms. The van der Waals surface area contributed by atoms with Gasteiger partial charge in [-0.25, -0.2) is 0 Å². The minimum absolute atomic E-state index is 0.278. The number of anilines is 1. The lowest BCUT2D eigenvalue weighted by Gasteiger charge is -1.98. The highest BCUT2D eigenvalue weighted by molar-refractivity contribution is 6.31. The van der Waals surface area contributed by atoms with Gasteiger partial charge in [0, 0.05) is 16.3 Å². The van der Waals surface area contributed by atoms with Crippen molar-refractivity contribution in [2.24, 2.45) is 0 Å². The number of hydrogen-bond acceptors (Lipinski definition) is 2. The third-order valence-corrected chi connectivity index (χ3v) is 2.21. The number of rotatable bonds is 0. The SMILES string of the molecule is N#CC1C(=O)Nc2cc(Cl)ccc21. The predicted octanol–water partition coefficient (Wildman–Crippen LogP) is 1.90. The fourth-order valence-corrected chi connectivity index (χ4v) is 1.53. The van der Waals surface area contributed by atoms with E-state index in [1.165, 1.54) is 0 Å². The first kappa shape index (κ1) is 8.09. The summed E-state index contributed by atoms with van der Waals surface area (Å²) in [7, 11) is 0. The molecule has 4 heteroatoms. The lowest BCUT2D eigenvalue weighted by atomic mass is 10.0. The van der Waals surface area contributed by atoms with Crippen LogP contribution in [0.4, 0.5) is 5.69 Å². The van der Waals surface area contributed by atoms with Gasteiger partial charge in [0.1, 0.15) is 0 Å². The van der Waals surface area contributed by atoms with Gasteiger partial charge in [0.05, 0.1) is 6.07 Å². The molecule has 1 aliphatic rings. The first-order valence-corrected chi connectivity index (χ1v) is 4.10. The Bertz CT molecular complexity index is 422. The van der Waals surface area contributed by atoms with E-state index in [2.05, 4.69) is 5.32 Å². The van der Waals surface area contributed by atoms with E-state index < -0.39 is 5.92 Å². The van der Waals surface area contributed by atoms with Crippen LogP contribution in [0.3, 0.4) is 0 Å². The van der Waals surface area contributed by atoms with Gasteiger partial charge < -0.3 is 5.32 Å². The molecule has 0 aromatic heterocycles. The Morgan fingerprint density at radius 2 is 2.31 bits per heavy atom. The minimum Gasteiger partial charge on any atom is -0.324 e. The molecule has 13 heavy (non-hydrogen) atoms. The van der Waals surface area contributed by atoms with Crippen LogP contribution in [-0.2, 0) is 4.79 Å². The number of hydrogen-bond donors (Lipinski definition) is 1. The Morgan fingerprint density at radius 1 is 1.54 bits per heavy atom. The van der Waals surface area contributed by atoms with Crippen molar-refractivity contribution in [2.75, 3.05) is 5.32 Å². The lowest BCUT2D eigenvalue weighted by Crippen LogP contribution is -2.09. The van der Waals surface area contributed by atoms with Crippen molar-refractivity contribution in [2.45, 2.75) is 5.92 Å². The van der Waals surface area contributed by atoms with E-state index in [9.17, 15) is 4.79 Å². The van der Waals surface area contributed by atoms with Gasteiger partial charge in [-0.1, -0.05) is 17.7 Å². The van der Waals surface area contributed by atoms with E-state index in [1.54, 1.807) is 18.2 Å². The van der Waals surface area contributed by atoms with Gasteiger partial charge in [0.2, 0.25) is 5.91 Å². The van der Waals surface area contributed by atoms with Crippen molar-refractivity contribution in [3.05, 3.63) is 28.8 Å². The Labute approximate surface area is 79.9 Å². The van der Waals surface area contributed by atoms with Crippen molar-refractivity contribution in [3.63, 3.8) is 0 Å². The highest BCUT2D eigenvalue weighted by atomic mass is 35.5. The second kappa shape index (κ2) is 2.75. The molecule has 2 rings (SSSR count). The molecular weight excluding hydrogens is 188 g/mol. The van der Waals surface area contributed by atoms with Gasteiger partial charge in [0.25, 0.3) is 0 Å². The molecule has 1 atom stereocenters. The fraction of sp³-hybridized carbons (Fsp3) is 0.111. The number of nitrogens with zero attached hydrogens (tertiary/aromatic N) is 1. The summed E-state index contributed by atoms with van der Waals surface area (Å²) in [5.41, 5.74) is 1.35. The van der Waals surface area contributed by atoms with Gasteiger partial charge in [-0.05, 0) is 12.1 Å². The van der Waals surface area contributed by atoms with Gasteiger partial charge in [0.15, 0.2) is 5.92 Å². The van der Waals surface area contributed by atoms with Crippen molar-refractivity contribution < 1.29 is 4.79 Å².